The van der Waals surface area contributed by atoms with Gasteiger partial charge in [0, 0.05) is 17.7 Å². The number of ether oxygens (including phenoxy) is 1. The SMILES string of the molecule is CCCCC[C@@H](N)c1ccc(O)cc1OC. The van der Waals surface area contributed by atoms with Gasteiger partial charge in [0.05, 0.1) is 7.11 Å². The fourth-order valence-corrected chi connectivity index (χ4v) is 1.78. The number of methoxy groups -OCH3 is 1. The zero-order valence-corrected chi connectivity index (χ0v) is 10.1. The summed E-state index contributed by atoms with van der Waals surface area (Å²) in [4.78, 5) is 0. The molecular formula is C13H21NO2. The molecule has 0 unspecified atom stereocenters. The molecule has 0 radical (unpaired) electrons. The van der Waals surface area contributed by atoms with E-state index in [-0.39, 0.29) is 11.8 Å². The molecule has 0 fully saturated rings. The maximum Gasteiger partial charge on any atom is 0.127 e. The minimum atomic E-state index is -0.0119. The highest BCUT2D eigenvalue weighted by molar-refractivity contribution is 5.41. The minimum absolute atomic E-state index is 0.0119. The number of phenols is 1. The Kier molecular flexibility index (Phi) is 5.12. The number of aromatic hydroxyl groups is 1. The second-order valence-corrected chi connectivity index (χ2v) is 4.03. The van der Waals surface area contributed by atoms with Crippen LogP contribution >= 0.6 is 0 Å². The van der Waals surface area contributed by atoms with Crippen molar-refractivity contribution in [3.05, 3.63) is 23.8 Å². The van der Waals surface area contributed by atoms with Crippen LogP contribution in [0.4, 0.5) is 0 Å². The molecule has 0 saturated heterocycles. The summed E-state index contributed by atoms with van der Waals surface area (Å²) in [6.45, 7) is 2.17. The summed E-state index contributed by atoms with van der Waals surface area (Å²) in [7, 11) is 1.59. The van der Waals surface area contributed by atoms with Gasteiger partial charge in [0.25, 0.3) is 0 Å². The average Bonchev–Trinajstić information content (AvgIpc) is 2.29. The van der Waals surface area contributed by atoms with E-state index in [1.165, 1.54) is 12.8 Å². The van der Waals surface area contributed by atoms with E-state index in [0.717, 1.165) is 18.4 Å². The molecule has 1 aromatic carbocycles. The van der Waals surface area contributed by atoms with Gasteiger partial charge in [-0.1, -0.05) is 32.3 Å². The van der Waals surface area contributed by atoms with E-state index in [4.69, 9.17) is 10.5 Å². The predicted molar refractivity (Wildman–Crippen MR) is 65.7 cm³/mol. The molecule has 0 aliphatic carbocycles. The van der Waals surface area contributed by atoms with Gasteiger partial charge in [0.2, 0.25) is 0 Å². The third-order valence-corrected chi connectivity index (χ3v) is 2.74. The molecule has 0 aliphatic rings. The average molecular weight is 223 g/mol. The van der Waals surface area contributed by atoms with Gasteiger partial charge in [-0.25, -0.2) is 0 Å². The molecule has 3 nitrogen and oxygen atoms in total. The van der Waals surface area contributed by atoms with Crippen LogP contribution in [0.3, 0.4) is 0 Å². The van der Waals surface area contributed by atoms with E-state index in [9.17, 15) is 5.11 Å². The van der Waals surface area contributed by atoms with Crippen LogP contribution in [-0.2, 0) is 0 Å². The van der Waals surface area contributed by atoms with Crippen molar-refractivity contribution in [3.8, 4) is 11.5 Å². The van der Waals surface area contributed by atoms with E-state index in [0.29, 0.717) is 5.75 Å². The van der Waals surface area contributed by atoms with E-state index in [1.807, 2.05) is 6.07 Å². The molecular weight excluding hydrogens is 202 g/mol. The van der Waals surface area contributed by atoms with E-state index >= 15 is 0 Å². The first-order valence-electron chi connectivity index (χ1n) is 5.81. The second-order valence-electron chi connectivity index (χ2n) is 4.03. The van der Waals surface area contributed by atoms with Crippen LogP contribution in [0.15, 0.2) is 18.2 Å². The van der Waals surface area contributed by atoms with Gasteiger partial charge in [-0.15, -0.1) is 0 Å². The predicted octanol–water partition coefficient (Wildman–Crippen LogP) is 2.98. The summed E-state index contributed by atoms with van der Waals surface area (Å²) in [5, 5.41) is 9.34. The van der Waals surface area contributed by atoms with Gasteiger partial charge in [-0.05, 0) is 12.5 Å². The Bertz CT molecular complexity index is 326. The third kappa shape index (κ3) is 3.42. The fourth-order valence-electron chi connectivity index (χ4n) is 1.78. The number of hydrogen-bond donors (Lipinski definition) is 2. The Morgan fingerprint density at radius 3 is 2.75 bits per heavy atom. The first-order chi connectivity index (χ1) is 7.69. The van der Waals surface area contributed by atoms with Crippen LogP contribution in [-0.4, -0.2) is 12.2 Å². The van der Waals surface area contributed by atoms with Crippen molar-refractivity contribution in [1.82, 2.24) is 0 Å². The van der Waals surface area contributed by atoms with Gasteiger partial charge >= 0.3 is 0 Å². The summed E-state index contributed by atoms with van der Waals surface area (Å²) in [5.41, 5.74) is 7.07. The molecule has 1 atom stereocenters. The number of unbranched alkanes of at least 4 members (excludes halogenated alkanes) is 2. The molecule has 0 aromatic heterocycles. The van der Waals surface area contributed by atoms with E-state index < -0.39 is 0 Å². The molecule has 3 N–H and O–H groups in total. The van der Waals surface area contributed by atoms with Crippen molar-refractivity contribution in [1.29, 1.82) is 0 Å². The van der Waals surface area contributed by atoms with Crippen molar-refractivity contribution in [2.45, 2.75) is 38.6 Å². The lowest BCUT2D eigenvalue weighted by molar-refractivity contribution is 0.396. The van der Waals surface area contributed by atoms with E-state index in [1.54, 1.807) is 19.2 Å². The Balaban J connectivity index is 2.70. The number of hydrogen-bond acceptors (Lipinski definition) is 3. The zero-order valence-electron chi connectivity index (χ0n) is 10.1. The molecule has 0 spiro atoms. The lowest BCUT2D eigenvalue weighted by atomic mass is 10.0. The summed E-state index contributed by atoms with van der Waals surface area (Å²) < 4.78 is 5.21. The lowest BCUT2D eigenvalue weighted by Crippen LogP contribution is -2.11. The molecule has 0 amide bonds. The quantitative estimate of drug-likeness (QED) is 0.729. The first-order valence-corrected chi connectivity index (χ1v) is 5.81. The number of benzene rings is 1. The van der Waals surface area contributed by atoms with Gasteiger partial charge in [0.1, 0.15) is 11.5 Å². The van der Waals surface area contributed by atoms with Gasteiger partial charge in [0.15, 0.2) is 0 Å². The largest absolute Gasteiger partial charge is 0.508 e. The normalized spacial score (nSPS) is 12.4. The monoisotopic (exact) mass is 223 g/mol. The maximum absolute atomic E-state index is 9.34. The Morgan fingerprint density at radius 1 is 1.38 bits per heavy atom. The highest BCUT2D eigenvalue weighted by atomic mass is 16.5. The molecule has 0 bridgehead atoms. The maximum atomic E-state index is 9.34. The molecule has 0 heterocycles. The number of phenolic OH excluding ortho intramolecular Hbond substituents is 1. The first kappa shape index (κ1) is 12.8. The standard InChI is InChI=1S/C13H21NO2/c1-3-4-5-6-12(14)11-8-7-10(15)9-13(11)16-2/h7-9,12,15H,3-6,14H2,1-2H3/t12-/m1/s1. The van der Waals surface area contributed by atoms with Crippen LogP contribution < -0.4 is 10.5 Å². The third-order valence-electron chi connectivity index (χ3n) is 2.74. The van der Waals surface area contributed by atoms with Crippen molar-refractivity contribution in [3.63, 3.8) is 0 Å². The zero-order chi connectivity index (χ0) is 12.0. The molecule has 1 aromatic rings. The molecule has 0 aliphatic heterocycles. The summed E-state index contributed by atoms with van der Waals surface area (Å²) in [5.74, 6) is 0.880. The lowest BCUT2D eigenvalue weighted by Gasteiger charge is -2.15. The Hall–Kier alpha value is -1.22. The molecule has 0 saturated carbocycles. The van der Waals surface area contributed by atoms with Gasteiger partial charge < -0.3 is 15.6 Å². The Labute approximate surface area is 97.2 Å². The second kappa shape index (κ2) is 6.38. The summed E-state index contributed by atoms with van der Waals surface area (Å²) in [6.07, 6.45) is 4.48. The Morgan fingerprint density at radius 2 is 2.12 bits per heavy atom. The van der Waals surface area contributed by atoms with Crippen LogP contribution in [0.1, 0.15) is 44.2 Å². The van der Waals surface area contributed by atoms with Crippen LogP contribution in [0.2, 0.25) is 0 Å². The minimum Gasteiger partial charge on any atom is -0.508 e. The molecule has 1 rings (SSSR count). The van der Waals surface area contributed by atoms with Crippen molar-refractivity contribution in [2.75, 3.05) is 7.11 Å². The topological polar surface area (TPSA) is 55.5 Å². The van der Waals surface area contributed by atoms with Gasteiger partial charge in [-0.2, -0.15) is 0 Å². The van der Waals surface area contributed by atoms with Crippen LogP contribution in [0.5, 0.6) is 11.5 Å². The highest BCUT2D eigenvalue weighted by Gasteiger charge is 2.11. The van der Waals surface area contributed by atoms with Crippen molar-refractivity contribution >= 4 is 0 Å². The molecule has 90 valence electrons. The van der Waals surface area contributed by atoms with Crippen molar-refractivity contribution < 1.29 is 9.84 Å². The van der Waals surface area contributed by atoms with Crippen molar-refractivity contribution in [2.24, 2.45) is 5.73 Å². The fraction of sp³-hybridized carbons (Fsp3) is 0.538. The van der Waals surface area contributed by atoms with Crippen LogP contribution in [0, 0.1) is 0 Å². The van der Waals surface area contributed by atoms with E-state index in [2.05, 4.69) is 6.92 Å². The van der Waals surface area contributed by atoms with Gasteiger partial charge in [-0.3, -0.25) is 0 Å². The number of nitrogens with two attached hydrogens (primary N) is 1. The highest BCUT2D eigenvalue weighted by Crippen LogP contribution is 2.30. The summed E-state index contributed by atoms with van der Waals surface area (Å²) >= 11 is 0. The molecule has 3 heteroatoms. The smallest absolute Gasteiger partial charge is 0.127 e. The number of rotatable bonds is 6. The molecule has 16 heavy (non-hydrogen) atoms. The summed E-state index contributed by atoms with van der Waals surface area (Å²) in [6, 6.07) is 5.08. The van der Waals surface area contributed by atoms with Crippen LogP contribution in [0.25, 0.3) is 0 Å².